The zero-order chi connectivity index (χ0) is 22.0. The van der Waals surface area contributed by atoms with Crippen LogP contribution < -0.4 is 9.62 Å². The van der Waals surface area contributed by atoms with Crippen LogP contribution >= 0.6 is 23.2 Å². The largest absolute Gasteiger partial charge is 0.355 e. The Kier molecular flexibility index (Phi) is 6.36. The van der Waals surface area contributed by atoms with Gasteiger partial charge in [-0.25, -0.2) is 8.42 Å². The number of nitrogens with zero attached hydrogens (tertiary/aromatic N) is 3. The van der Waals surface area contributed by atoms with E-state index >= 15 is 0 Å². The van der Waals surface area contributed by atoms with Crippen LogP contribution in [-0.2, 0) is 10.0 Å². The molecule has 0 bridgehead atoms. The molecular weight excluding hydrogens is 455 g/mol. The molecule has 31 heavy (non-hydrogen) atoms. The molecular formula is C22H22Cl2N4O2S. The Morgan fingerprint density at radius 1 is 0.968 bits per heavy atom. The van der Waals surface area contributed by atoms with Gasteiger partial charge < -0.3 is 4.90 Å². The molecule has 1 aliphatic rings. The summed E-state index contributed by atoms with van der Waals surface area (Å²) in [6, 6.07) is 15.2. The van der Waals surface area contributed by atoms with Crippen molar-refractivity contribution < 1.29 is 8.42 Å². The molecule has 0 unspecified atom stereocenters. The Morgan fingerprint density at radius 2 is 1.68 bits per heavy atom. The lowest BCUT2D eigenvalue weighted by molar-refractivity contribution is 0.436. The van der Waals surface area contributed by atoms with Crippen molar-refractivity contribution in [3.63, 3.8) is 0 Å². The molecule has 6 nitrogen and oxygen atoms in total. The lowest BCUT2D eigenvalue weighted by atomic mass is 9.99. The first-order valence-corrected chi connectivity index (χ1v) is 12.2. The van der Waals surface area contributed by atoms with Crippen molar-refractivity contribution in [3.05, 3.63) is 64.6 Å². The fourth-order valence-electron chi connectivity index (χ4n) is 3.49. The Bertz CT molecular complexity index is 1160. The first-order valence-electron chi connectivity index (χ1n) is 9.99. The number of nitrogens with one attached hydrogen (secondary N) is 1. The van der Waals surface area contributed by atoms with Crippen molar-refractivity contribution >= 4 is 44.7 Å². The normalized spacial score (nSPS) is 15.1. The summed E-state index contributed by atoms with van der Waals surface area (Å²) in [6.45, 7) is 4.28. The van der Waals surface area contributed by atoms with Gasteiger partial charge in [0.2, 0.25) is 0 Å². The molecule has 0 saturated carbocycles. The topological polar surface area (TPSA) is 75.2 Å². The second-order valence-electron chi connectivity index (χ2n) is 7.70. The van der Waals surface area contributed by atoms with Crippen LogP contribution in [0.3, 0.4) is 0 Å². The van der Waals surface area contributed by atoms with Crippen LogP contribution in [0.2, 0.25) is 10.0 Å². The maximum absolute atomic E-state index is 12.7. The van der Waals surface area contributed by atoms with E-state index in [9.17, 15) is 8.42 Å². The number of rotatable bonds is 5. The molecule has 162 valence electrons. The van der Waals surface area contributed by atoms with E-state index in [4.69, 9.17) is 23.2 Å². The van der Waals surface area contributed by atoms with E-state index in [0.717, 1.165) is 36.1 Å². The number of piperidine rings is 1. The second kappa shape index (κ2) is 9.02. The fourth-order valence-corrected chi connectivity index (χ4v) is 5.31. The van der Waals surface area contributed by atoms with Crippen molar-refractivity contribution in [2.45, 2.75) is 24.7 Å². The van der Waals surface area contributed by atoms with Crippen LogP contribution in [-0.4, -0.2) is 31.7 Å². The highest BCUT2D eigenvalue weighted by Gasteiger charge is 2.19. The third kappa shape index (κ3) is 5.11. The van der Waals surface area contributed by atoms with Gasteiger partial charge in [-0.2, -0.15) is 0 Å². The van der Waals surface area contributed by atoms with E-state index in [-0.39, 0.29) is 9.92 Å². The van der Waals surface area contributed by atoms with Crippen LogP contribution in [0.1, 0.15) is 19.8 Å². The summed E-state index contributed by atoms with van der Waals surface area (Å²) in [4.78, 5) is 2.19. The van der Waals surface area contributed by atoms with E-state index in [1.807, 2.05) is 12.1 Å². The zero-order valence-corrected chi connectivity index (χ0v) is 19.3. The van der Waals surface area contributed by atoms with Gasteiger partial charge in [-0.15, -0.1) is 10.2 Å². The maximum atomic E-state index is 12.7. The van der Waals surface area contributed by atoms with Crippen LogP contribution in [0.15, 0.2) is 59.5 Å². The molecule has 0 radical (unpaired) electrons. The van der Waals surface area contributed by atoms with Crippen LogP contribution in [0.25, 0.3) is 11.3 Å². The van der Waals surface area contributed by atoms with E-state index in [1.54, 1.807) is 24.3 Å². The van der Waals surface area contributed by atoms with E-state index < -0.39 is 10.0 Å². The Labute approximate surface area is 192 Å². The molecule has 2 aromatic carbocycles. The number of hydrogen-bond acceptors (Lipinski definition) is 5. The summed E-state index contributed by atoms with van der Waals surface area (Å²) in [6.07, 6.45) is 2.34. The maximum Gasteiger partial charge on any atom is 0.263 e. The van der Waals surface area contributed by atoms with Gasteiger partial charge in [-0.3, -0.25) is 4.72 Å². The number of anilines is 2. The smallest absolute Gasteiger partial charge is 0.263 e. The predicted molar refractivity (Wildman–Crippen MR) is 125 cm³/mol. The van der Waals surface area contributed by atoms with Crippen molar-refractivity contribution in [1.82, 2.24) is 10.2 Å². The monoisotopic (exact) mass is 476 g/mol. The number of halogens is 2. The molecule has 1 fully saturated rings. The van der Waals surface area contributed by atoms with Crippen molar-refractivity contribution in [1.29, 1.82) is 0 Å². The average molecular weight is 477 g/mol. The van der Waals surface area contributed by atoms with Gasteiger partial charge in [0.25, 0.3) is 10.0 Å². The van der Waals surface area contributed by atoms with Gasteiger partial charge in [0.15, 0.2) is 5.82 Å². The highest BCUT2D eigenvalue weighted by molar-refractivity contribution is 7.92. The first-order chi connectivity index (χ1) is 14.8. The minimum absolute atomic E-state index is 0.0701. The first kappa shape index (κ1) is 21.9. The molecule has 1 saturated heterocycles. The fraction of sp³-hybridized carbons (Fsp3) is 0.273. The molecule has 3 aromatic rings. The van der Waals surface area contributed by atoms with Crippen LogP contribution in [0, 0.1) is 5.92 Å². The molecule has 0 atom stereocenters. The SMILES string of the molecule is CC1CCN(c2ccc(-c3ccc(NS(=O)(=O)c4cc(Cl)ccc4Cl)cc3)nn2)CC1. The number of aromatic nitrogens is 2. The summed E-state index contributed by atoms with van der Waals surface area (Å²) in [5.41, 5.74) is 1.98. The summed E-state index contributed by atoms with van der Waals surface area (Å²) in [7, 11) is -3.87. The van der Waals surface area contributed by atoms with Gasteiger partial charge in [0.1, 0.15) is 4.90 Å². The number of sulfonamides is 1. The second-order valence-corrected chi connectivity index (χ2v) is 10.2. The molecule has 1 aliphatic heterocycles. The van der Waals surface area contributed by atoms with Crippen LogP contribution in [0.4, 0.5) is 11.5 Å². The number of hydrogen-bond donors (Lipinski definition) is 1. The molecule has 0 spiro atoms. The van der Waals surface area contributed by atoms with Gasteiger partial charge >= 0.3 is 0 Å². The third-order valence-corrected chi connectivity index (χ3v) is 7.47. The molecule has 1 aromatic heterocycles. The van der Waals surface area contributed by atoms with E-state index in [2.05, 4.69) is 26.7 Å². The highest BCUT2D eigenvalue weighted by atomic mass is 35.5. The molecule has 0 amide bonds. The van der Waals surface area contributed by atoms with Gasteiger partial charge in [-0.05, 0) is 61.2 Å². The van der Waals surface area contributed by atoms with Gasteiger partial charge in [0, 0.05) is 29.4 Å². The highest BCUT2D eigenvalue weighted by Crippen LogP contribution is 2.28. The van der Waals surface area contributed by atoms with Gasteiger partial charge in [0.05, 0.1) is 10.7 Å². The van der Waals surface area contributed by atoms with Crippen molar-refractivity contribution in [2.75, 3.05) is 22.7 Å². The third-order valence-electron chi connectivity index (χ3n) is 5.37. The number of benzene rings is 2. The Hall–Kier alpha value is -2.35. The predicted octanol–water partition coefficient (Wildman–Crippen LogP) is 5.49. The molecule has 2 heterocycles. The molecule has 9 heteroatoms. The molecule has 1 N–H and O–H groups in total. The van der Waals surface area contributed by atoms with Crippen molar-refractivity contribution in [2.24, 2.45) is 5.92 Å². The lowest BCUT2D eigenvalue weighted by Gasteiger charge is -2.30. The minimum atomic E-state index is -3.87. The van der Waals surface area contributed by atoms with Gasteiger partial charge in [-0.1, -0.05) is 42.3 Å². The molecule has 0 aliphatic carbocycles. The Balaban J connectivity index is 1.47. The zero-order valence-electron chi connectivity index (χ0n) is 16.9. The van der Waals surface area contributed by atoms with Crippen LogP contribution in [0.5, 0.6) is 0 Å². The Morgan fingerprint density at radius 3 is 2.32 bits per heavy atom. The summed E-state index contributed by atoms with van der Waals surface area (Å²) < 4.78 is 27.8. The standard InChI is InChI=1S/C22H22Cl2N4O2S/c1-15-10-12-28(13-11-15)22-9-8-20(25-26-22)16-2-5-18(6-3-16)27-31(29,30)21-14-17(23)4-7-19(21)24/h2-9,14-15,27H,10-13H2,1H3. The van der Waals surface area contributed by atoms with Crippen molar-refractivity contribution in [3.8, 4) is 11.3 Å². The quantitative estimate of drug-likeness (QED) is 0.526. The minimum Gasteiger partial charge on any atom is -0.355 e. The average Bonchev–Trinajstić information content (AvgIpc) is 2.76. The molecule has 4 rings (SSSR count). The van der Waals surface area contributed by atoms with E-state index in [1.165, 1.54) is 31.0 Å². The summed E-state index contributed by atoms with van der Waals surface area (Å²) in [5, 5.41) is 9.13. The summed E-state index contributed by atoms with van der Waals surface area (Å²) >= 11 is 11.9. The van der Waals surface area contributed by atoms with E-state index in [0.29, 0.717) is 10.7 Å². The lowest BCUT2D eigenvalue weighted by Crippen LogP contribution is -2.33. The summed E-state index contributed by atoms with van der Waals surface area (Å²) in [5.74, 6) is 1.65.